The van der Waals surface area contributed by atoms with Gasteiger partial charge in [-0.05, 0) is 30.3 Å². The van der Waals surface area contributed by atoms with Gasteiger partial charge in [0.25, 0.3) is 0 Å². The van der Waals surface area contributed by atoms with E-state index in [2.05, 4.69) is 4.98 Å². The van der Waals surface area contributed by atoms with Crippen LogP contribution in [-0.4, -0.2) is 21.2 Å². The Kier molecular flexibility index (Phi) is 3.84. The zero-order valence-electron chi connectivity index (χ0n) is 9.41. The maximum Gasteiger partial charge on any atom is 0.354 e. The fourth-order valence-electron chi connectivity index (χ4n) is 1.41. The van der Waals surface area contributed by atoms with Crippen LogP contribution in [0.1, 0.15) is 16.2 Å². The number of pyridine rings is 1. The number of aromatic hydroxyl groups is 1. The highest BCUT2D eigenvalue weighted by Crippen LogP contribution is 2.24. The SMILES string of the molecule is O=C(O)c1cccc(CSc2cccc(O)c2)n1. The molecule has 4 nitrogen and oxygen atoms in total. The molecule has 0 aliphatic rings. The van der Waals surface area contributed by atoms with Crippen molar-refractivity contribution in [1.82, 2.24) is 4.98 Å². The van der Waals surface area contributed by atoms with Crippen molar-refractivity contribution in [3.05, 3.63) is 53.9 Å². The van der Waals surface area contributed by atoms with E-state index in [9.17, 15) is 9.90 Å². The maximum atomic E-state index is 10.8. The van der Waals surface area contributed by atoms with Gasteiger partial charge in [0.2, 0.25) is 0 Å². The summed E-state index contributed by atoms with van der Waals surface area (Å²) in [6.07, 6.45) is 0. The Bertz CT molecular complexity index is 572. The first kappa shape index (κ1) is 12.4. The molecule has 0 amide bonds. The van der Waals surface area contributed by atoms with Crippen molar-refractivity contribution >= 4 is 17.7 Å². The van der Waals surface area contributed by atoms with Gasteiger partial charge in [-0.15, -0.1) is 11.8 Å². The minimum Gasteiger partial charge on any atom is -0.508 e. The molecule has 0 saturated heterocycles. The number of phenols is 1. The molecule has 0 fully saturated rings. The van der Waals surface area contributed by atoms with Crippen molar-refractivity contribution in [2.24, 2.45) is 0 Å². The van der Waals surface area contributed by atoms with Crippen molar-refractivity contribution < 1.29 is 15.0 Å². The molecule has 0 unspecified atom stereocenters. The predicted molar refractivity (Wildman–Crippen MR) is 68.9 cm³/mol. The largest absolute Gasteiger partial charge is 0.508 e. The van der Waals surface area contributed by atoms with Crippen molar-refractivity contribution in [2.45, 2.75) is 10.6 Å². The van der Waals surface area contributed by atoms with Gasteiger partial charge in [-0.3, -0.25) is 0 Å². The van der Waals surface area contributed by atoms with Gasteiger partial charge in [-0.1, -0.05) is 12.1 Å². The van der Waals surface area contributed by atoms with Crippen LogP contribution in [0, 0.1) is 0 Å². The molecule has 92 valence electrons. The summed E-state index contributed by atoms with van der Waals surface area (Å²) >= 11 is 1.49. The molecule has 0 spiro atoms. The molecular formula is C13H11NO3S. The highest BCUT2D eigenvalue weighted by Gasteiger charge is 2.05. The minimum atomic E-state index is -1.03. The lowest BCUT2D eigenvalue weighted by Gasteiger charge is -2.03. The molecule has 2 N–H and O–H groups in total. The maximum absolute atomic E-state index is 10.8. The summed E-state index contributed by atoms with van der Waals surface area (Å²) in [6.45, 7) is 0. The third kappa shape index (κ3) is 3.24. The lowest BCUT2D eigenvalue weighted by Crippen LogP contribution is -2.01. The first-order valence-electron chi connectivity index (χ1n) is 5.26. The lowest BCUT2D eigenvalue weighted by atomic mass is 10.3. The molecule has 1 aromatic carbocycles. The van der Waals surface area contributed by atoms with Gasteiger partial charge in [0.1, 0.15) is 11.4 Å². The summed E-state index contributed by atoms with van der Waals surface area (Å²) < 4.78 is 0. The summed E-state index contributed by atoms with van der Waals surface area (Å²) in [7, 11) is 0. The van der Waals surface area contributed by atoms with Crippen molar-refractivity contribution in [2.75, 3.05) is 0 Å². The smallest absolute Gasteiger partial charge is 0.354 e. The third-order valence-electron chi connectivity index (χ3n) is 2.23. The number of hydrogen-bond donors (Lipinski definition) is 2. The Morgan fingerprint density at radius 2 is 2.00 bits per heavy atom. The topological polar surface area (TPSA) is 70.4 Å². The molecule has 0 atom stereocenters. The molecule has 1 heterocycles. The highest BCUT2D eigenvalue weighted by molar-refractivity contribution is 7.98. The molecule has 0 aliphatic carbocycles. The Morgan fingerprint density at radius 3 is 2.72 bits per heavy atom. The molecule has 5 heteroatoms. The predicted octanol–water partition coefficient (Wildman–Crippen LogP) is 2.78. The summed E-state index contributed by atoms with van der Waals surface area (Å²) in [5.74, 6) is -0.253. The average molecular weight is 261 g/mol. The summed E-state index contributed by atoms with van der Waals surface area (Å²) in [5.41, 5.74) is 0.743. The summed E-state index contributed by atoms with van der Waals surface area (Å²) in [4.78, 5) is 15.7. The van der Waals surface area contributed by atoms with E-state index < -0.39 is 5.97 Å². The van der Waals surface area contributed by atoms with Gasteiger partial charge < -0.3 is 10.2 Å². The number of aromatic nitrogens is 1. The number of carbonyl (C=O) groups is 1. The fraction of sp³-hybridized carbons (Fsp3) is 0.0769. The van der Waals surface area contributed by atoms with Crippen molar-refractivity contribution in [3.8, 4) is 5.75 Å². The molecule has 2 aromatic rings. The second-order valence-electron chi connectivity index (χ2n) is 3.61. The van der Waals surface area contributed by atoms with E-state index >= 15 is 0 Å². The van der Waals surface area contributed by atoms with E-state index in [0.29, 0.717) is 11.4 Å². The third-order valence-corrected chi connectivity index (χ3v) is 3.26. The molecule has 0 aliphatic heterocycles. The molecule has 1 aromatic heterocycles. The number of thioether (sulfide) groups is 1. The van der Waals surface area contributed by atoms with Gasteiger partial charge in [0.15, 0.2) is 0 Å². The molecule has 0 saturated carbocycles. The van der Waals surface area contributed by atoms with Gasteiger partial charge in [0.05, 0.1) is 5.69 Å². The van der Waals surface area contributed by atoms with Crippen LogP contribution >= 0.6 is 11.8 Å². The van der Waals surface area contributed by atoms with Crippen molar-refractivity contribution in [3.63, 3.8) is 0 Å². The summed E-state index contributed by atoms with van der Waals surface area (Å²) in [6, 6.07) is 11.8. The number of carboxylic acids is 1. The van der Waals surface area contributed by atoms with Crippen LogP contribution in [0.25, 0.3) is 0 Å². The number of rotatable bonds is 4. The van der Waals surface area contributed by atoms with E-state index in [0.717, 1.165) is 4.90 Å². The second-order valence-corrected chi connectivity index (χ2v) is 4.65. The summed E-state index contributed by atoms with van der Waals surface area (Å²) in [5, 5.41) is 18.1. The zero-order valence-corrected chi connectivity index (χ0v) is 10.2. The minimum absolute atomic E-state index is 0.0454. The Morgan fingerprint density at radius 1 is 1.22 bits per heavy atom. The van der Waals surface area contributed by atoms with Crippen LogP contribution < -0.4 is 0 Å². The van der Waals surface area contributed by atoms with E-state index in [1.807, 2.05) is 6.07 Å². The number of aromatic carboxylic acids is 1. The van der Waals surface area contributed by atoms with Crippen LogP contribution in [0.5, 0.6) is 5.75 Å². The normalized spacial score (nSPS) is 10.2. The van der Waals surface area contributed by atoms with Gasteiger partial charge in [0, 0.05) is 10.6 Å². The number of carboxylic acid groups (broad SMARTS) is 1. The van der Waals surface area contributed by atoms with E-state index in [-0.39, 0.29) is 11.4 Å². The van der Waals surface area contributed by atoms with Gasteiger partial charge >= 0.3 is 5.97 Å². The van der Waals surface area contributed by atoms with E-state index in [1.165, 1.54) is 17.8 Å². The standard InChI is InChI=1S/C13H11NO3S/c15-10-4-2-5-11(7-10)18-8-9-3-1-6-12(14-9)13(16)17/h1-7,15H,8H2,(H,16,17). The molecule has 0 radical (unpaired) electrons. The fourth-order valence-corrected chi connectivity index (χ4v) is 2.26. The number of phenolic OH excluding ortho intramolecular Hbond substituents is 1. The molecular weight excluding hydrogens is 250 g/mol. The zero-order chi connectivity index (χ0) is 13.0. The van der Waals surface area contributed by atoms with E-state index in [4.69, 9.17) is 5.11 Å². The number of hydrogen-bond acceptors (Lipinski definition) is 4. The number of benzene rings is 1. The van der Waals surface area contributed by atoms with Crippen LogP contribution in [0.2, 0.25) is 0 Å². The average Bonchev–Trinajstić information content (AvgIpc) is 2.37. The van der Waals surface area contributed by atoms with E-state index in [1.54, 1.807) is 30.3 Å². The van der Waals surface area contributed by atoms with Gasteiger partial charge in [-0.2, -0.15) is 0 Å². The molecule has 0 bridgehead atoms. The van der Waals surface area contributed by atoms with Gasteiger partial charge in [-0.25, -0.2) is 9.78 Å². The Balaban J connectivity index is 2.06. The Hall–Kier alpha value is -2.01. The monoisotopic (exact) mass is 261 g/mol. The van der Waals surface area contributed by atoms with Crippen molar-refractivity contribution in [1.29, 1.82) is 0 Å². The Labute approximate surface area is 108 Å². The number of nitrogens with zero attached hydrogens (tertiary/aromatic N) is 1. The van der Waals surface area contributed by atoms with Crippen LogP contribution in [-0.2, 0) is 5.75 Å². The van der Waals surface area contributed by atoms with Crippen LogP contribution in [0.15, 0.2) is 47.4 Å². The van der Waals surface area contributed by atoms with Crippen LogP contribution in [0.3, 0.4) is 0 Å². The molecule has 2 rings (SSSR count). The lowest BCUT2D eigenvalue weighted by molar-refractivity contribution is 0.0690. The quantitative estimate of drug-likeness (QED) is 0.828. The molecule has 18 heavy (non-hydrogen) atoms. The second kappa shape index (κ2) is 5.55. The van der Waals surface area contributed by atoms with Crippen LogP contribution in [0.4, 0.5) is 0 Å². The highest BCUT2D eigenvalue weighted by atomic mass is 32.2. The first-order valence-corrected chi connectivity index (χ1v) is 6.25. The first-order chi connectivity index (χ1) is 8.65.